The standard InChI is InChI=1S/C24H23N5O8S2/c1-12(30)7-16(31)36-9-14-10-38-22-18(21(33)29(22)19(14)23(34)35)27-20(32)17(15-11-39-24(25)26-15)28-37-8-13-5-3-2-4-6-13/h2-6,11,18,22H,7-10H2,1H3,(H2,25,26)(H,27,32)(H,34,35)/b28-17-/t18-,22+/m1/s1. The Hall–Kier alpha value is -4.24. The summed E-state index contributed by atoms with van der Waals surface area (Å²) in [6.45, 7) is 0.930. The minimum Gasteiger partial charge on any atom is -0.477 e. The second kappa shape index (κ2) is 12.1. The number of aliphatic carboxylic acids is 1. The number of esters is 1. The minimum absolute atomic E-state index is 0.0817. The molecular formula is C24H23N5O8S2. The number of thiazole rings is 1. The van der Waals surface area contributed by atoms with Crippen LogP contribution in [0.4, 0.5) is 5.13 Å². The number of rotatable bonds is 11. The SMILES string of the molecule is CC(=O)CC(=O)OCC1=C(C(=O)O)N2C(=O)[C@@H](NC(=O)/C(=N\OCc3ccccc3)c3csc(N)n3)[C@@H]2SC1. The summed E-state index contributed by atoms with van der Waals surface area (Å²) >= 11 is 2.29. The molecule has 2 atom stereocenters. The molecule has 13 nitrogen and oxygen atoms in total. The quantitative estimate of drug-likeness (QED) is 0.114. The van der Waals surface area contributed by atoms with Crippen LogP contribution >= 0.6 is 23.1 Å². The van der Waals surface area contributed by atoms with Gasteiger partial charge in [0, 0.05) is 16.7 Å². The van der Waals surface area contributed by atoms with Crippen molar-refractivity contribution < 1.29 is 38.7 Å². The Bertz CT molecular complexity index is 1370. The number of benzene rings is 1. The van der Waals surface area contributed by atoms with Gasteiger partial charge in [-0.15, -0.1) is 23.1 Å². The van der Waals surface area contributed by atoms with E-state index in [0.717, 1.165) is 21.8 Å². The smallest absolute Gasteiger partial charge is 0.352 e. The summed E-state index contributed by atoms with van der Waals surface area (Å²) in [5.41, 5.74) is 6.37. The van der Waals surface area contributed by atoms with Crippen molar-refractivity contribution in [3.8, 4) is 0 Å². The fraction of sp³-hybridized carbons (Fsp3) is 0.292. The second-order valence-electron chi connectivity index (χ2n) is 8.43. The first-order valence-corrected chi connectivity index (χ1v) is 13.4. The van der Waals surface area contributed by atoms with Crippen molar-refractivity contribution in [1.82, 2.24) is 15.2 Å². The van der Waals surface area contributed by atoms with E-state index >= 15 is 0 Å². The Balaban J connectivity index is 1.47. The maximum atomic E-state index is 13.2. The number of carbonyl (C=O) groups excluding carboxylic acids is 4. The van der Waals surface area contributed by atoms with E-state index in [1.54, 1.807) is 0 Å². The third-order valence-electron chi connectivity index (χ3n) is 5.55. The number of anilines is 1. The molecule has 15 heteroatoms. The van der Waals surface area contributed by atoms with Crippen LogP contribution in [0.3, 0.4) is 0 Å². The van der Waals surface area contributed by atoms with Gasteiger partial charge in [-0.3, -0.25) is 24.1 Å². The average Bonchev–Trinajstić information content (AvgIpc) is 3.33. The van der Waals surface area contributed by atoms with Crippen LogP contribution in [0.2, 0.25) is 0 Å². The topological polar surface area (TPSA) is 191 Å². The van der Waals surface area contributed by atoms with Gasteiger partial charge in [0.05, 0.1) is 0 Å². The highest BCUT2D eigenvalue weighted by molar-refractivity contribution is 8.00. The first-order valence-electron chi connectivity index (χ1n) is 11.5. The molecule has 4 rings (SSSR count). The molecule has 1 fully saturated rings. The number of thioether (sulfide) groups is 1. The predicted octanol–water partition coefficient (Wildman–Crippen LogP) is 0.907. The summed E-state index contributed by atoms with van der Waals surface area (Å²) in [6.07, 6.45) is -0.439. The molecule has 1 aromatic carbocycles. The molecule has 0 unspecified atom stereocenters. The molecule has 2 amide bonds. The molecule has 0 bridgehead atoms. The number of carboxylic acid groups (broad SMARTS) is 1. The van der Waals surface area contributed by atoms with Gasteiger partial charge < -0.3 is 25.7 Å². The zero-order valence-corrected chi connectivity index (χ0v) is 22.1. The molecule has 0 saturated carbocycles. The van der Waals surface area contributed by atoms with Crippen LogP contribution in [-0.2, 0) is 40.2 Å². The number of amides is 2. The molecule has 3 heterocycles. The summed E-state index contributed by atoms with van der Waals surface area (Å²) < 4.78 is 5.01. The van der Waals surface area contributed by atoms with Crippen molar-refractivity contribution >= 4 is 63.5 Å². The van der Waals surface area contributed by atoms with Crippen molar-refractivity contribution in [3.63, 3.8) is 0 Å². The van der Waals surface area contributed by atoms with E-state index in [4.69, 9.17) is 15.3 Å². The van der Waals surface area contributed by atoms with E-state index in [0.29, 0.717) is 0 Å². The van der Waals surface area contributed by atoms with Gasteiger partial charge in [-0.1, -0.05) is 35.5 Å². The molecule has 2 aromatic rings. The minimum atomic E-state index is -1.38. The van der Waals surface area contributed by atoms with Crippen molar-refractivity contribution in [1.29, 1.82) is 0 Å². The third-order valence-corrected chi connectivity index (χ3v) is 7.56. The number of carboxylic acids is 1. The van der Waals surface area contributed by atoms with E-state index in [2.05, 4.69) is 15.5 Å². The Morgan fingerprint density at radius 3 is 2.62 bits per heavy atom. The van der Waals surface area contributed by atoms with Crippen LogP contribution in [0, 0.1) is 0 Å². The van der Waals surface area contributed by atoms with Crippen molar-refractivity contribution in [2.75, 3.05) is 18.1 Å². The number of fused-ring (bicyclic) bond motifs is 1. The monoisotopic (exact) mass is 573 g/mol. The van der Waals surface area contributed by atoms with Gasteiger partial charge in [0.25, 0.3) is 11.8 Å². The first kappa shape index (κ1) is 27.8. The molecule has 4 N–H and O–H groups in total. The fourth-order valence-electron chi connectivity index (χ4n) is 3.77. The summed E-state index contributed by atoms with van der Waals surface area (Å²) in [4.78, 5) is 71.4. The number of hydrogen-bond acceptors (Lipinski definition) is 12. The lowest BCUT2D eigenvalue weighted by atomic mass is 10.0. The van der Waals surface area contributed by atoms with E-state index in [1.165, 1.54) is 24.1 Å². The molecule has 2 aliphatic heterocycles. The number of nitrogens with one attached hydrogen (secondary N) is 1. The highest BCUT2D eigenvalue weighted by Gasteiger charge is 2.54. The van der Waals surface area contributed by atoms with Gasteiger partial charge in [-0.2, -0.15) is 0 Å². The van der Waals surface area contributed by atoms with Crippen molar-refractivity contribution in [2.45, 2.75) is 31.4 Å². The van der Waals surface area contributed by atoms with E-state index in [1.807, 2.05) is 30.3 Å². The number of aromatic nitrogens is 1. The number of ether oxygens (including phenoxy) is 1. The first-order chi connectivity index (χ1) is 18.7. The Morgan fingerprint density at radius 2 is 1.97 bits per heavy atom. The van der Waals surface area contributed by atoms with Crippen LogP contribution < -0.4 is 11.1 Å². The van der Waals surface area contributed by atoms with Gasteiger partial charge in [-0.05, 0) is 12.5 Å². The third kappa shape index (κ3) is 6.43. The number of nitrogens with zero attached hydrogens (tertiary/aromatic N) is 3. The van der Waals surface area contributed by atoms with Gasteiger partial charge in [0.15, 0.2) is 10.8 Å². The molecule has 39 heavy (non-hydrogen) atoms. The highest BCUT2D eigenvalue weighted by Crippen LogP contribution is 2.40. The molecule has 0 spiro atoms. The Morgan fingerprint density at radius 1 is 1.23 bits per heavy atom. The molecular weight excluding hydrogens is 550 g/mol. The summed E-state index contributed by atoms with van der Waals surface area (Å²) in [6, 6.07) is 8.10. The number of hydrogen-bond donors (Lipinski definition) is 3. The van der Waals surface area contributed by atoms with Crippen LogP contribution in [0.15, 0.2) is 52.1 Å². The molecule has 1 aromatic heterocycles. The summed E-state index contributed by atoms with van der Waals surface area (Å²) in [5, 5.41) is 17.3. The lowest BCUT2D eigenvalue weighted by molar-refractivity contribution is -0.150. The lowest BCUT2D eigenvalue weighted by Gasteiger charge is -2.49. The number of nitrogens with two attached hydrogens (primary N) is 1. The molecule has 0 radical (unpaired) electrons. The van der Waals surface area contributed by atoms with Crippen molar-refractivity contribution in [2.24, 2.45) is 5.16 Å². The largest absolute Gasteiger partial charge is 0.477 e. The normalized spacial score (nSPS) is 18.6. The van der Waals surface area contributed by atoms with Crippen LogP contribution in [-0.4, -0.2) is 74.0 Å². The highest BCUT2D eigenvalue weighted by atomic mass is 32.2. The number of β-lactam (4-membered cyclic amide) rings is 1. The molecule has 2 aliphatic rings. The number of nitrogen functional groups attached to an aromatic ring is 1. The van der Waals surface area contributed by atoms with E-state index in [-0.39, 0.29) is 46.8 Å². The van der Waals surface area contributed by atoms with Crippen molar-refractivity contribution in [3.05, 3.63) is 58.2 Å². The molecule has 204 valence electrons. The Kier molecular flexibility index (Phi) is 8.61. The number of Topliss-reactive ketones (excluding diaryl/α,β-unsaturated/α-hetero) is 1. The number of carbonyl (C=O) groups is 5. The zero-order chi connectivity index (χ0) is 28.1. The predicted molar refractivity (Wildman–Crippen MR) is 140 cm³/mol. The van der Waals surface area contributed by atoms with E-state index < -0.39 is 47.4 Å². The maximum Gasteiger partial charge on any atom is 0.352 e. The maximum absolute atomic E-state index is 13.2. The Labute approximate surface area is 230 Å². The lowest BCUT2D eigenvalue weighted by Crippen LogP contribution is -2.71. The second-order valence-corrected chi connectivity index (χ2v) is 10.4. The van der Waals surface area contributed by atoms with Crippen LogP contribution in [0.5, 0.6) is 0 Å². The van der Waals surface area contributed by atoms with Gasteiger partial charge in [0.1, 0.15) is 48.2 Å². The van der Waals surface area contributed by atoms with E-state index in [9.17, 15) is 29.1 Å². The van der Waals surface area contributed by atoms with Gasteiger partial charge in [0.2, 0.25) is 0 Å². The number of ketones is 1. The fourth-order valence-corrected chi connectivity index (χ4v) is 5.65. The van der Waals surface area contributed by atoms with Gasteiger partial charge in [-0.25, -0.2) is 9.78 Å². The summed E-state index contributed by atoms with van der Waals surface area (Å²) in [7, 11) is 0. The molecule has 1 saturated heterocycles. The summed E-state index contributed by atoms with van der Waals surface area (Å²) in [5.74, 6) is -3.86. The van der Waals surface area contributed by atoms with Crippen LogP contribution in [0.25, 0.3) is 0 Å². The van der Waals surface area contributed by atoms with Gasteiger partial charge >= 0.3 is 11.9 Å². The van der Waals surface area contributed by atoms with Crippen LogP contribution in [0.1, 0.15) is 24.6 Å². The molecule has 0 aliphatic carbocycles. The number of oxime groups is 1. The zero-order valence-electron chi connectivity index (χ0n) is 20.5. The average molecular weight is 574 g/mol.